The molecule has 1 rings (SSSR count). The predicted molar refractivity (Wildman–Crippen MR) is 78.8 cm³/mol. The molecule has 0 aliphatic carbocycles. The van der Waals surface area contributed by atoms with Crippen molar-refractivity contribution in [2.45, 2.75) is 32.1 Å². The molecule has 1 atom stereocenters. The molecule has 0 heterocycles. The lowest BCUT2D eigenvalue weighted by Gasteiger charge is -2.25. The molecule has 1 amide bonds. The quantitative estimate of drug-likeness (QED) is 0.871. The number of carbonyl (C=O) groups is 1. The van der Waals surface area contributed by atoms with Crippen LogP contribution in [-0.4, -0.2) is 32.3 Å². The zero-order chi connectivity index (χ0) is 16.2. The standard InChI is InChI=1S/C14H21FN2O3S/c1-4-10(3)9-17(5-2)14(18)12-8-11(15)6-7-13(12)21(16,19)20/h6-8,10H,4-5,9H2,1-3H3,(H2,16,19,20). The topological polar surface area (TPSA) is 80.5 Å². The number of primary sulfonamides is 1. The Morgan fingerprint density at radius 3 is 2.48 bits per heavy atom. The minimum atomic E-state index is -4.09. The average molecular weight is 316 g/mol. The lowest BCUT2D eigenvalue weighted by atomic mass is 10.1. The van der Waals surface area contributed by atoms with Crippen molar-refractivity contribution in [1.82, 2.24) is 4.90 Å². The maximum atomic E-state index is 13.4. The second-order valence-electron chi connectivity index (χ2n) is 5.04. The second kappa shape index (κ2) is 7.00. The van der Waals surface area contributed by atoms with Crippen molar-refractivity contribution in [1.29, 1.82) is 0 Å². The molecule has 0 fully saturated rings. The van der Waals surface area contributed by atoms with Gasteiger partial charge in [0.1, 0.15) is 5.82 Å². The van der Waals surface area contributed by atoms with Gasteiger partial charge in [0, 0.05) is 13.1 Å². The van der Waals surface area contributed by atoms with Gasteiger partial charge in [0.15, 0.2) is 0 Å². The lowest BCUT2D eigenvalue weighted by molar-refractivity contribution is 0.0736. The Balaban J connectivity index is 3.25. The van der Waals surface area contributed by atoms with E-state index in [1.165, 1.54) is 4.90 Å². The minimum Gasteiger partial charge on any atom is -0.339 e. The first-order chi connectivity index (χ1) is 9.70. The summed E-state index contributed by atoms with van der Waals surface area (Å²) in [6, 6.07) is 2.91. The summed E-state index contributed by atoms with van der Waals surface area (Å²) in [5.41, 5.74) is -0.220. The molecule has 2 N–H and O–H groups in total. The molecule has 0 aliphatic heterocycles. The van der Waals surface area contributed by atoms with E-state index in [-0.39, 0.29) is 16.4 Å². The zero-order valence-corrected chi connectivity index (χ0v) is 13.3. The molecule has 118 valence electrons. The van der Waals surface area contributed by atoms with Gasteiger partial charge in [0.25, 0.3) is 5.91 Å². The van der Waals surface area contributed by atoms with Crippen LogP contribution < -0.4 is 5.14 Å². The highest BCUT2D eigenvalue weighted by atomic mass is 32.2. The van der Waals surface area contributed by atoms with E-state index in [2.05, 4.69) is 0 Å². The van der Waals surface area contributed by atoms with Crippen molar-refractivity contribution < 1.29 is 17.6 Å². The molecule has 21 heavy (non-hydrogen) atoms. The third-order valence-electron chi connectivity index (χ3n) is 3.38. The van der Waals surface area contributed by atoms with Crippen LogP contribution in [0.5, 0.6) is 0 Å². The van der Waals surface area contributed by atoms with Gasteiger partial charge in [-0.15, -0.1) is 0 Å². The van der Waals surface area contributed by atoms with Gasteiger partial charge in [-0.25, -0.2) is 17.9 Å². The second-order valence-corrected chi connectivity index (χ2v) is 6.57. The largest absolute Gasteiger partial charge is 0.339 e. The molecule has 1 aromatic rings. The molecule has 0 aliphatic rings. The molecule has 7 heteroatoms. The van der Waals surface area contributed by atoms with Gasteiger partial charge in [-0.05, 0) is 31.0 Å². The normalized spacial score (nSPS) is 13.0. The molecular formula is C14H21FN2O3S. The molecule has 0 aromatic heterocycles. The Morgan fingerprint density at radius 1 is 1.38 bits per heavy atom. The average Bonchev–Trinajstić information content (AvgIpc) is 2.42. The first-order valence-electron chi connectivity index (χ1n) is 6.82. The number of nitrogens with zero attached hydrogens (tertiary/aromatic N) is 1. The van der Waals surface area contributed by atoms with Gasteiger partial charge in [0.2, 0.25) is 10.0 Å². The highest BCUT2D eigenvalue weighted by Crippen LogP contribution is 2.19. The fourth-order valence-electron chi connectivity index (χ4n) is 1.95. The summed E-state index contributed by atoms with van der Waals surface area (Å²) in [6.07, 6.45) is 0.884. The number of nitrogens with two attached hydrogens (primary N) is 1. The van der Waals surface area contributed by atoms with Crippen molar-refractivity contribution in [2.75, 3.05) is 13.1 Å². The first-order valence-corrected chi connectivity index (χ1v) is 8.36. The van der Waals surface area contributed by atoms with E-state index >= 15 is 0 Å². The third-order valence-corrected chi connectivity index (χ3v) is 4.35. The van der Waals surface area contributed by atoms with Gasteiger partial charge < -0.3 is 4.90 Å². The van der Waals surface area contributed by atoms with Gasteiger partial charge in [-0.1, -0.05) is 20.3 Å². The van der Waals surface area contributed by atoms with Crippen molar-refractivity contribution in [3.63, 3.8) is 0 Å². The number of sulfonamides is 1. The first kappa shape index (κ1) is 17.6. The summed E-state index contributed by atoms with van der Waals surface area (Å²) in [5.74, 6) is -0.938. The van der Waals surface area contributed by atoms with Crippen LogP contribution in [0.25, 0.3) is 0 Å². The van der Waals surface area contributed by atoms with E-state index in [1.54, 1.807) is 6.92 Å². The summed E-state index contributed by atoms with van der Waals surface area (Å²) in [7, 11) is -4.09. The highest BCUT2D eigenvalue weighted by Gasteiger charge is 2.24. The number of benzene rings is 1. The van der Waals surface area contributed by atoms with Crippen molar-refractivity contribution in [3.05, 3.63) is 29.6 Å². The van der Waals surface area contributed by atoms with Gasteiger partial charge in [0.05, 0.1) is 10.5 Å². The Bertz CT molecular complexity index is 617. The van der Waals surface area contributed by atoms with Gasteiger partial charge in [-0.3, -0.25) is 4.79 Å². The van der Waals surface area contributed by atoms with E-state index in [4.69, 9.17) is 5.14 Å². The maximum Gasteiger partial charge on any atom is 0.255 e. The van der Waals surface area contributed by atoms with Crippen LogP contribution in [0.4, 0.5) is 4.39 Å². The van der Waals surface area contributed by atoms with E-state index in [9.17, 15) is 17.6 Å². The van der Waals surface area contributed by atoms with Crippen LogP contribution in [-0.2, 0) is 10.0 Å². The van der Waals surface area contributed by atoms with E-state index < -0.39 is 21.7 Å². The molecule has 0 saturated heterocycles. The zero-order valence-electron chi connectivity index (χ0n) is 12.5. The minimum absolute atomic E-state index is 0.220. The van der Waals surface area contributed by atoms with Crippen molar-refractivity contribution >= 4 is 15.9 Å². The molecule has 0 radical (unpaired) electrons. The Morgan fingerprint density at radius 2 is 2.00 bits per heavy atom. The van der Waals surface area contributed by atoms with Crippen LogP contribution >= 0.6 is 0 Å². The number of hydrogen-bond acceptors (Lipinski definition) is 3. The molecule has 1 unspecified atom stereocenters. The number of hydrogen-bond donors (Lipinski definition) is 1. The summed E-state index contributed by atoms with van der Waals surface area (Å²) in [4.78, 5) is 13.6. The number of halogens is 1. The molecule has 0 bridgehead atoms. The summed E-state index contributed by atoms with van der Waals surface area (Å²) < 4.78 is 36.5. The SMILES string of the molecule is CCC(C)CN(CC)C(=O)c1cc(F)ccc1S(N)(=O)=O. The van der Waals surface area contributed by atoms with E-state index in [0.717, 1.165) is 24.6 Å². The van der Waals surface area contributed by atoms with Gasteiger partial charge in [-0.2, -0.15) is 0 Å². The molecule has 0 spiro atoms. The monoisotopic (exact) mass is 316 g/mol. The number of carbonyl (C=O) groups excluding carboxylic acids is 1. The molecule has 1 aromatic carbocycles. The fraction of sp³-hybridized carbons (Fsp3) is 0.500. The van der Waals surface area contributed by atoms with Crippen LogP contribution in [0.15, 0.2) is 23.1 Å². The number of amides is 1. The van der Waals surface area contributed by atoms with Crippen LogP contribution in [0.3, 0.4) is 0 Å². The smallest absolute Gasteiger partial charge is 0.255 e. The molecule has 5 nitrogen and oxygen atoms in total. The van der Waals surface area contributed by atoms with E-state index in [1.807, 2.05) is 13.8 Å². The van der Waals surface area contributed by atoms with Crippen LogP contribution in [0.1, 0.15) is 37.6 Å². The van der Waals surface area contributed by atoms with Crippen LogP contribution in [0, 0.1) is 11.7 Å². The van der Waals surface area contributed by atoms with E-state index in [0.29, 0.717) is 13.1 Å². The third kappa shape index (κ3) is 4.50. The van der Waals surface area contributed by atoms with Gasteiger partial charge >= 0.3 is 0 Å². The summed E-state index contributed by atoms with van der Waals surface area (Å²) in [5, 5.41) is 5.09. The van der Waals surface area contributed by atoms with Crippen molar-refractivity contribution in [2.24, 2.45) is 11.1 Å². The highest BCUT2D eigenvalue weighted by molar-refractivity contribution is 7.89. The summed E-state index contributed by atoms with van der Waals surface area (Å²) in [6.45, 7) is 6.66. The lowest BCUT2D eigenvalue weighted by Crippen LogP contribution is -2.35. The Kier molecular flexibility index (Phi) is 5.86. The maximum absolute atomic E-state index is 13.4. The Labute approximate surface area is 125 Å². The molecule has 0 saturated carbocycles. The Hall–Kier alpha value is -1.47. The van der Waals surface area contributed by atoms with Crippen LogP contribution in [0.2, 0.25) is 0 Å². The molecular weight excluding hydrogens is 295 g/mol. The number of rotatable bonds is 6. The summed E-state index contributed by atoms with van der Waals surface area (Å²) >= 11 is 0. The fourth-order valence-corrected chi connectivity index (χ4v) is 2.66. The predicted octanol–water partition coefficient (Wildman–Crippen LogP) is 1.98. The van der Waals surface area contributed by atoms with Crippen molar-refractivity contribution in [3.8, 4) is 0 Å².